The van der Waals surface area contributed by atoms with Crippen molar-refractivity contribution < 1.29 is 30.0 Å². The molecule has 1 aromatic heterocycles. The Kier molecular flexibility index (Phi) is 3.83. The second-order valence-electron chi connectivity index (χ2n) is 5.12. The third kappa shape index (κ3) is 2.87. The lowest BCUT2D eigenvalue weighted by molar-refractivity contribution is 0.0463. The topological polar surface area (TPSA) is 120 Å². The van der Waals surface area contributed by atoms with E-state index in [9.17, 15) is 25.2 Å². The number of phenols is 4. The van der Waals surface area contributed by atoms with E-state index in [1.165, 1.54) is 42.6 Å². The van der Waals surface area contributed by atoms with Crippen molar-refractivity contribution >= 4 is 16.7 Å². The number of fused-ring (bicyclic) bond motifs is 1. The normalized spacial score (nSPS) is 10.7. The molecule has 2 aromatic carbocycles. The lowest BCUT2D eigenvalue weighted by Crippen LogP contribution is -2.07. The number of nitrogens with zero attached hydrogens (tertiary/aromatic N) is 1. The summed E-state index contributed by atoms with van der Waals surface area (Å²) in [7, 11) is 0. The second kappa shape index (κ2) is 5.96. The number of ether oxygens (including phenoxy) is 1. The summed E-state index contributed by atoms with van der Waals surface area (Å²) >= 11 is 0. The van der Waals surface area contributed by atoms with Crippen molar-refractivity contribution in [3.05, 3.63) is 53.9 Å². The van der Waals surface area contributed by atoms with Gasteiger partial charge in [0.15, 0.2) is 11.5 Å². The first-order valence-electron chi connectivity index (χ1n) is 6.94. The van der Waals surface area contributed by atoms with Gasteiger partial charge in [-0.3, -0.25) is 0 Å². The smallest absolute Gasteiger partial charge is 0.357 e. The average molecular weight is 327 g/mol. The monoisotopic (exact) mass is 327 g/mol. The maximum absolute atomic E-state index is 12.1. The molecule has 3 rings (SSSR count). The van der Waals surface area contributed by atoms with Gasteiger partial charge in [-0.1, -0.05) is 12.1 Å². The predicted octanol–water partition coefficient (Wildman–Crippen LogP) is 2.41. The highest BCUT2D eigenvalue weighted by Crippen LogP contribution is 2.30. The molecule has 0 aliphatic heterocycles. The number of phenolic OH excluding ortho intramolecular Hbond substituents is 4. The number of carbonyl (C=O) groups excluding carboxylic acids is 1. The third-order valence-corrected chi connectivity index (χ3v) is 3.47. The molecular formula is C17H13NO6. The summed E-state index contributed by atoms with van der Waals surface area (Å²) in [5.74, 6) is -1.70. The first-order chi connectivity index (χ1) is 11.5. The summed E-state index contributed by atoms with van der Waals surface area (Å²) < 4.78 is 5.06. The molecule has 0 aliphatic carbocycles. The molecule has 0 bridgehead atoms. The van der Waals surface area contributed by atoms with Gasteiger partial charge in [-0.15, -0.1) is 0 Å². The molecule has 3 aromatic rings. The number of esters is 1. The van der Waals surface area contributed by atoms with Gasteiger partial charge >= 0.3 is 5.97 Å². The lowest BCUT2D eigenvalue weighted by Gasteiger charge is -2.08. The fourth-order valence-corrected chi connectivity index (χ4v) is 2.25. The molecular weight excluding hydrogens is 314 g/mol. The Labute approximate surface area is 136 Å². The molecule has 24 heavy (non-hydrogen) atoms. The minimum atomic E-state index is -0.748. The van der Waals surface area contributed by atoms with E-state index >= 15 is 0 Å². The molecule has 4 N–H and O–H groups in total. The molecule has 122 valence electrons. The van der Waals surface area contributed by atoms with Crippen molar-refractivity contribution in [2.75, 3.05) is 0 Å². The van der Waals surface area contributed by atoms with E-state index in [0.717, 1.165) is 0 Å². The molecule has 0 spiro atoms. The van der Waals surface area contributed by atoms with E-state index in [1.54, 1.807) is 0 Å². The number of hydrogen-bond donors (Lipinski definition) is 4. The molecule has 0 saturated heterocycles. The van der Waals surface area contributed by atoms with E-state index in [1.807, 2.05) is 0 Å². The van der Waals surface area contributed by atoms with Gasteiger partial charge in [0.1, 0.15) is 23.8 Å². The minimum absolute atomic E-state index is 0.0212. The van der Waals surface area contributed by atoms with Crippen LogP contribution in [0, 0.1) is 0 Å². The highest BCUT2D eigenvalue weighted by molar-refractivity contribution is 5.95. The number of aromatic nitrogens is 1. The number of hydrogen-bond acceptors (Lipinski definition) is 7. The largest absolute Gasteiger partial charge is 0.508 e. The van der Waals surface area contributed by atoms with Crippen molar-refractivity contribution in [3.8, 4) is 23.0 Å². The first kappa shape index (κ1) is 15.4. The van der Waals surface area contributed by atoms with Crippen LogP contribution in [0.15, 0.2) is 42.6 Å². The van der Waals surface area contributed by atoms with Gasteiger partial charge in [-0.25, -0.2) is 9.78 Å². The van der Waals surface area contributed by atoms with Crippen molar-refractivity contribution in [2.45, 2.75) is 6.61 Å². The van der Waals surface area contributed by atoms with E-state index in [0.29, 0.717) is 10.8 Å². The highest BCUT2D eigenvalue weighted by Gasteiger charge is 2.14. The van der Waals surface area contributed by atoms with Gasteiger partial charge < -0.3 is 25.2 Å². The molecule has 0 radical (unpaired) electrons. The van der Waals surface area contributed by atoms with Gasteiger partial charge in [-0.2, -0.15) is 0 Å². The molecule has 0 saturated carbocycles. The molecule has 0 fully saturated rings. The van der Waals surface area contributed by atoms with Crippen molar-refractivity contribution in [2.24, 2.45) is 0 Å². The fraction of sp³-hybridized carbons (Fsp3) is 0.0588. The van der Waals surface area contributed by atoms with E-state index in [2.05, 4.69) is 4.98 Å². The Morgan fingerprint density at radius 2 is 1.83 bits per heavy atom. The Bertz CT molecular complexity index is 938. The number of carbonyl (C=O) groups is 1. The first-order valence-corrected chi connectivity index (χ1v) is 6.94. The van der Waals surface area contributed by atoms with Crippen LogP contribution in [0.5, 0.6) is 23.0 Å². The Hall–Kier alpha value is -3.48. The predicted molar refractivity (Wildman–Crippen MR) is 84.0 cm³/mol. The van der Waals surface area contributed by atoms with Gasteiger partial charge in [-0.05, 0) is 23.6 Å². The number of rotatable bonds is 3. The van der Waals surface area contributed by atoms with Gasteiger partial charge in [0.05, 0.1) is 0 Å². The molecule has 0 atom stereocenters. The molecule has 0 unspecified atom stereocenters. The summed E-state index contributed by atoms with van der Waals surface area (Å²) in [4.78, 5) is 16.0. The number of aromatic hydroxyl groups is 4. The van der Waals surface area contributed by atoms with Crippen LogP contribution in [0.2, 0.25) is 0 Å². The molecule has 7 heteroatoms. The number of benzene rings is 2. The maximum Gasteiger partial charge on any atom is 0.357 e. The Balaban J connectivity index is 1.82. The van der Waals surface area contributed by atoms with E-state index < -0.39 is 5.97 Å². The summed E-state index contributed by atoms with van der Waals surface area (Å²) in [6.07, 6.45) is 1.30. The van der Waals surface area contributed by atoms with Gasteiger partial charge in [0.25, 0.3) is 0 Å². The van der Waals surface area contributed by atoms with Crippen molar-refractivity contribution in [1.82, 2.24) is 4.98 Å². The van der Waals surface area contributed by atoms with E-state index in [4.69, 9.17) is 4.74 Å². The molecule has 0 amide bonds. The average Bonchev–Trinajstić information content (AvgIpc) is 2.55. The Morgan fingerprint density at radius 1 is 1.04 bits per heavy atom. The molecule has 7 nitrogen and oxygen atoms in total. The van der Waals surface area contributed by atoms with Crippen LogP contribution < -0.4 is 0 Å². The molecule has 0 aliphatic rings. The van der Waals surface area contributed by atoms with Crippen LogP contribution in [-0.2, 0) is 11.3 Å². The van der Waals surface area contributed by atoms with E-state index in [-0.39, 0.29) is 40.9 Å². The molecule has 1 heterocycles. The maximum atomic E-state index is 12.1. The Morgan fingerprint density at radius 3 is 2.62 bits per heavy atom. The van der Waals surface area contributed by atoms with Crippen LogP contribution >= 0.6 is 0 Å². The van der Waals surface area contributed by atoms with Crippen LogP contribution in [0.1, 0.15) is 16.1 Å². The van der Waals surface area contributed by atoms with Crippen molar-refractivity contribution in [1.29, 1.82) is 0 Å². The van der Waals surface area contributed by atoms with Gasteiger partial charge in [0.2, 0.25) is 0 Å². The number of para-hydroxylation sites is 1. The summed E-state index contributed by atoms with van der Waals surface area (Å²) in [5.41, 5.74) is 0.228. The van der Waals surface area contributed by atoms with Crippen LogP contribution in [0.3, 0.4) is 0 Å². The van der Waals surface area contributed by atoms with Gasteiger partial charge in [0, 0.05) is 23.2 Å². The number of pyridine rings is 1. The zero-order valence-electron chi connectivity index (χ0n) is 12.3. The zero-order valence-corrected chi connectivity index (χ0v) is 12.3. The zero-order chi connectivity index (χ0) is 17.3. The summed E-state index contributed by atoms with van der Waals surface area (Å²) in [5, 5.41) is 39.1. The second-order valence-corrected chi connectivity index (χ2v) is 5.12. The van der Waals surface area contributed by atoms with Crippen LogP contribution in [0.25, 0.3) is 10.8 Å². The lowest BCUT2D eigenvalue weighted by atomic mass is 10.1. The summed E-state index contributed by atoms with van der Waals surface area (Å²) in [6, 6.07) is 8.26. The standard InChI is InChI=1S/C17H13NO6/c19-11-4-10-5-13(18-7-12(10)15(21)6-11)17(23)24-8-9-2-1-3-14(20)16(9)22/h1-7,19-22H,8H2. The quantitative estimate of drug-likeness (QED) is 0.430. The van der Waals surface area contributed by atoms with Crippen molar-refractivity contribution in [3.63, 3.8) is 0 Å². The van der Waals surface area contributed by atoms with Crippen LogP contribution in [0.4, 0.5) is 0 Å². The fourth-order valence-electron chi connectivity index (χ4n) is 2.25. The minimum Gasteiger partial charge on any atom is -0.508 e. The SMILES string of the molecule is O=C(OCc1cccc(O)c1O)c1cc2cc(O)cc(O)c2cn1. The highest BCUT2D eigenvalue weighted by atomic mass is 16.5. The third-order valence-electron chi connectivity index (χ3n) is 3.47. The van der Waals surface area contributed by atoms with Crippen LogP contribution in [-0.4, -0.2) is 31.4 Å². The summed E-state index contributed by atoms with van der Waals surface area (Å²) in [6.45, 7) is -0.246.